The second-order valence-electron chi connectivity index (χ2n) is 7.04. The van der Waals surface area contributed by atoms with Gasteiger partial charge in [0.25, 0.3) is 0 Å². The summed E-state index contributed by atoms with van der Waals surface area (Å²) in [4.78, 5) is 12.5. The lowest BCUT2D eigenvalue weighted by molar-refractivity contribution is -0.120. The van der Waals surface area contributed by atoms with E-state index in [0.29, 0.717) is 24.0 Å². The molecule has 136 valence electrons. The van der Waals surface area contributed by atoms with E-state index in [4.69, 9.17) is 0 Å². The number of hydrogen-bond acceptors (Lipinski definition) is 4. The fourth-order valence-corrected chi connectivity index (χ4v) is 3.90. The first-order valence-corrected chi connectivity index (χ1v) is 10.8. The number of hydrogen-bond donors (Lipinski definition) is 2. The van der Waals surface area contributed by atoms with Crippen molar-refractivity contribution in [2.45, 2.75) is 109 Å². The van der Waals surface area contributed by atoms with Crippen molar-refractivity contribution in [1.82, 2.24) is 5.32 Å². The van der Waals surface area contributed by atoms with Crippen LogP contribution in [0.4, 0.5) is 0 Å². The van der Waals surface area contributed by atoms with E-state index in [1.54, 1.807) is 0 Å². The van der Waals surface area contributed by atoms with Gasteiger partial charge in [-0.05, 0) is 31.3 Å². The van der Waals surface area contributed by atoms with Crippen molar-refractivity contribution in [3.8, 4) is 0 Å². The Balaban J connectivity index is 2.29. The molecule has 4 heteroatoms. The summed E-state index contributed by atoms with van der Waals surface area (Å²) >= 11 is 0.803. The molecule has 1 fully saturated rings. The van der Waals surface area contributed by atoms with Crippen LogP contribution in [0.5, 0.6) is 0 Å². The largest absolute Gasteiger partial charge is 0.330 e. The molecule has 0 aromatic carbocycles. The van der Waals surface area contributed by atoms with E-state index in [0.717, 1.165) is 24.9 Å². The summed E-state index contributed by atoms with van der Waals surface area (Å²) < 4.78 is 9.21. The van der Waals surface area contributed by atoms with Crippen molar-refractivity contribution in [2.24, 2.45) is 0 Å². The van der Waals surface area contributed by atoms with E-state index in [1.165, 1.54) is 70.6 Å². The molecule has 0 saturated heterocycles. The van der Waals surface area contributed by atoms with Crippen LogP contribution in [0.1, 0.15) is 96.8 Å². The van der Waals surface area contributed by atoms with Crippen molar-refractivity contribution in [2.75, 3.05) is 5.75 Å². The highest BCUT2D eigenvalue weighted by Crippen LogP contribution is 2.18. The Morgan fingerprint density at radius 1 is 1.04 bits per heavy atom. The molecule has 0 spiro atoms. The number of Topliss-reactive ketones (excluding diaryl/α,β-unsaturated/α-hetero) is 1. The number of carbonyl (C=O) groups is 1. The highest BCUT2D eigenvalue weighted by molar-refractivity contribution is 7.93. The zero-order valence-electron chi connectivity index (χ0n) is 15.0. The smallest absolute Gasteiger partial charge is 0.150 e. The van der Waals surface area contributed by atoms with E-state index in [2.05, 4.69) is 12.2 Å². The molecule has 1 unspecified atom stereocenters. The lowest BCUT2D eigenvalue weighted by Gasteiger charge is -2.26. The van der Waals surface area contributed by atoms with E-state index in [-0.39, 0.29) is 6.04 Å². The van der Waals surface area contributed by atoms with Crippen molar-refractivity contribution in [3.63, 3.8) is 0 Å². The van der Waals surface area contributed by atoms with E-state index in [9.17, 15) is 9.35 Å². The molecule has 23 heavy (non-hydrogen) atoms. The quantitative estimate of drug-likeness (QED) is 0.358. The average molecular weight is 344 g/mol. The lowest BCUT2D eigenvalue weighted by Crippen LogP contribution is -2.45. The van der Waals surface area contributed by atoms with Crippen molar-refractivity contribution < 1.29 is 9.35 Å². The number of carbonyl (C=O) groups excluding carboxylic acids is 1. The van der Waals surface area contributed by atoms with Gasteiger partial charge in [0.2, 0.25) is 0 Å². The fraction of sp³-hybridized carbons (Fsp3) is 0.947. The molecule has 0 aromatic heterocycles. The Morgan fingerprint density at radius 3 is 2.30 bits per heavy atom. The molecular formula is C19H37NO2S. The second-order valence-corrected chi connectivity index (χ2v) is 7.63. The zero-order valence-corrected chi connectivity index (χ0v) is 15.8. The third-order valence-corrected chi connectivity index (χ3v) is 5.43. The van der Waals surface area contributed by atoms with E-state index in [1.807, 2.05) is 0 Å². The minimum atomic E-state index is -0.162. The molecule has 0 bridgehead atoms. The molecule has 2 N–H and O–H groups in total. The lowest BCUT2D eigenvalue weighted by atomic mass is 9.95. The van der Waals surface area contributed by atoms with E-state index < -0.39 is 0 Å². The molecule has 1 aliphatic rings. The molecule has 0 radical (unpaired) electrons. The van der Waals surface area contributed by atoms with Crippen molar-refractivity contribution in [3.05, 3.63) is 0 Å². The van der Waals surface area contributed by atoms with Crippen LogP contribution >= 0.6 is 12.0 Å². The van der Waals surface area contributed by atoms with Crippen molar-refractivity contribution >= 4 is 17.8 Å². The van der Waals surface area contributed by atoms with Gasteiger partial charge in [0.15, 0.2) is 5.78 Å². The number of unbranched alkanes of at least 4 members (excludes halogenated alkanes) is 5. The van der Waals surface area contributed by atoms with Gasteiger partial charge in [-0.3, -0.25) is 4.79 Å². The molecule has 1 atom stereocenters. The maximum absolute atomic E-state index is 12.5. The molecule has 0 aliphatic heterocycles. The maximum atomic E-state index is 12.5. The summed E-state index contributed by atoms with van der Waals surface area (Å²) in [6, 6.07) is 0.297. The summed E-state index contributed by atoms with van der Waals surface area (Å²) in [5.74, 6) is 0.787. The number of nitrogens with one attached hydrogen (secondary N) is 1. The molecule has 0 amide bonds. The summed E-state index contributed by atoms with van der Waals surface area (Å²) in [6.07, 6.45) is 16.8. The normalized spacial score (nSPS) is 18.3. The Bertz CT molecular complexity index is 291. The maximum Gasteiger partial charge on any atom is 0.150 e. The first kappa shape index (κ1) is 21.0. The van der Waals surface area contributed by atoms with Gasteiger partial charge in [-0.2, -0.15) is 0 Å². The minimum Gasteiger partial charge on any atom is -0.330 e. The third-order valence-electron chi connectivity index (χ3n) is 4.95. The van der Waals surface area contributed by atoms with Crippen LogP contribution in [-0.4, -0.2) is 28.2 Å². The Labute approximate surface area is 147 Å². The van der Waals surface area contributed by atoms with Gasteiger partial charge in [0.05, 0.1) is 6.04 Å². The van der Waals surface area contributed by atoms with E-state index >= 15 is 0 Å². The van der Waals surface area contributed by atoms with Crippen LogP contribution < -0.4 is 5.32 Å². The third kappa shape index (κ3) is 10.4. The average Bonchev–Trinajstić information content (AvgIpc) is 2.52. The predicted molar refractivity (Wildman–Crippen MR) is 101 cm³/mol. The summed E-state index contributed by atoms with van der Waals surface area (Å²) in [5.41, 5.74) is 0. The van der Waals surface area contributed by atoms with Gasteiger partial charge in [0.1, 0.15) is 0 Å². The molecular weight excluding hydrogens is 306 g/mol. The van der Waals surface area contributed by atoms with Gasteiger partial charge in [0, 0.05) is 18.2 Å². The van der Waals surface area contributed by atoms with Gasteiger partial charge in [-0.1, -0.05) is 71.1 Å². The van der Waals surface area contributed by atoms with Crippen LogP contribution in [0, 0.1) is 0 Å². The monoisotopic (exact) mass is 343 g/mol. The molecule has 3 nitrogen and oxygen atoms in total. The Kier molecular flexibility index (Phi) is 13.0. The topological polar surface area (TPSA) is 49.3 Å². The molecule has 1 saturated carbocycles. The van der Waals surface area contributed by atoms with Gasteiger partial charge >= 0.3 is 0 Å². The summed E-state index contributed by atoms with van der Waals surface area (Å²) in [6.45, 7) is 2.22. The first-order valence-electron chi connectivity index (χ1n) is 9.83. The molecule has 1 aliphatic carbocycles. The minimum absolute atomic E-state index is 0.162. The van der Waals surface area contributed by atoms with Crippen LogP contribution in [0.15, 0.2) is 0 Å². The second kappa shape index (κ2) is 14.3. The SMILES string of the molecule is CCCCCCCCC(=O)C(CSO)NC1CCCCCCC1. The number of rotatable bonds is 12. The molecule has 1 rings (SSSR count). The Hall–Kier alpha value is -0.0600. The highest BCUT2D eigenvalue weighted by Gasteiger charge is 2.22. The standard InChI is InChI=1S/C19H37NO2S/c1-2-3-4-5-9-12-15-19(21)18(16-23-22)20-17-13-10-7-6-8-11-14-17/h17-18,20,22H,2-16H2,1H3. The fourth-order valence-electron chi connectivity index (χ4n) is 3.47. The molecule has 0 heterocycles. The predicted octanol–water partition coefficient (Wildman–Crippen LogP) is 5.58. The number of ketones is 1. The van der Waals surface area contributed by atoms with Gasteiger partial charge < -0.3 is 9.87 Å². The van der Waals surface area contributed by atoms with Crippen LogP contribution in [0.25, 0.3) is 0 Å². The van der Waals surface area contributed by atoms with Crippen molar-refractivity contribution in [1.29, 1.82) is 0 Å². The van der Waals surface area contributed by atoms with Crippen LogP contribution in [-0.2, 0) is 4.79 Å². The summed E-state index contributed by atoms with van der Waals surface area (Å²) in [7, 11) is 0. The molecule has 0 aromatic rings. The zero-order chi connectivity index (χ0) is 16.8. The van der Waals surface area contributed by atoms with Gasteiger partial charge in [-0.25, -0.2) is 0 Å². The summed E-state index contributed by atoms with van der Waals surface area (Å²) in [5, 5.41) is 3.56. The first-order chi connectivity index (χ1) is 11.3. The Morgan fingerprint density at radius 2 is 1.65 bits per heavy atom. The van der Waals surface area contributed by atoms with Crippen LogP contribution in [0.3, 0.4) is 0 Å². The van der Waals surface area contributed by atoms with Crippen LogP contribution in [0.2, 0.25) is 0 Å². The van der Waals surface area contributed by atoms with Gasteiger partial charge in [-0.15, -0.1) is 0 Å². The highest BCUT2D eigenvalue weighted by atomic mass is 32.2.